The number of halogens is 1. The number of nitrogens with zero attached hydrogens (tertiary/aromatic N) is 2. The highest BCUT2D eigenvalue weighted by Gasteiger charge is 2.32. The van der Waals surface area contributed by atoms with Crippen molar-refractivity contribution >= 4 is 22.8 Å². The van der Waals surface area contributed by atoms with Crippen LogP contribution < -0.4 is 5.32 Å². The lowest BCUT2D eigenvalue weighted by Crippen LogP contribution is -2.35. The zero-order valence-electron chi connectivity index (χ0n) is 13.0. The molecule has 1 fully saturated rings. The molecule has 1 saturated heterocycles. The number of amides is 2. The second-order valence-electron chi connectivity index (χ2n) is 5.90. The molecule has 2 N–H and O–H groups in total. The number of aromatic amines is 1. The van der Waals surface area contributed by atoms with Gasteiger partial charge in [0.05, 0.1) is 22.8 Å². The van der Waals surface area contributed by atoms with Crippen molar-refractivity contribution in [2.24, 2.45) is 0 Å². The molecule has 2 amide bonds. The number of fused-ring (bicyclic) bond motifs is 1. The van der Waals surface area contributed by atoms with Gasteiger partial charge in [0.25, 0.3) is 0 Å². The Hall–Kier alpha value is -2.89. The summed E-state index contributed by atoms with van der Waals surface area (Å²) in [6, 6.07) is 13.5. The van der Waals surface area contributed by atoms with Crippen LogP contribution in [0.3, 0.4) is 0 Å². The molecule has 1 aliphatic heterocycles. The Bertz CT molecular complexity index is 858. The van der Waals surface area contributed by atoms with E-state index in [4.69, 9.17) is 0 Å². The number of urea groups is 1. The predicted octanol–water partition coefficient (Wildman–Crippen LogP) is 4.07. The van der Waals surface area contributed by atoms with E-state index in [1.165, 1.54) is 6.07 Å². The molecular formula is C18H17FN4O. The molecule has 1 atom stereocenters. The maximum Gasteiger partial charge on any atom is 0.322 e. The lowest BCUT2D eigenvalue weighted by molar-refractivity contribution is 0.205. The normalized spacial score (nSPS) is 17.4. The Morgan fingerprint density at radius 2 is 2.00 bits per heavy atom. The van der Waals surface area contributed by atoms with Gasteiger partial charge in [-0.25, -0.2) is 14.2 Å². The second-order valence-corrected chi connectivity index (χ2v) is 5.90. The number of benzene rings is 2. The Morgan fingerprint density at radius 3 is 2.83 bits per heavy atom. The fraction of sp³-hybridized carbons (Fsp3) is 0.222. The standard InChI is InChI=1S/C18H17FN4O/c19-12-6-1-2-7-13(12)22-18(24)23-11-5-10-16(23)17-20-14-8-3-4-9-15(14)21-17/h1-4,6-9,16H,5,10-11H2,(H,20,21)(H,22,24)/t16-/m0/s1. The van der Waals surface area contributed by atoms with Crippen LogP contribution in [-0.4, -0.2) is 27.4 Å². The first-order valence-corrected chi connectivity index (χ1v) is 7.99. The van der Waals surface area contributed by atoms with Crippen LogP contribution in [0.4, 0.5) is 14.9 Å². The van der Waals surface area contributed by atoms with Gasteiger partial charge in [-0.15, -0.1) is 0 Å². The summed E-state index contributed by atoms with van der Waals surface area (Å²) in [6.07, 6.45) is 1.73. The Balaban J connectivity index is 1.58. The average molecular weight is 324 g/mol. The van der Waals surface area contributed by atoms with Gasteiger partial charge >= 0.3 is 6.03 Å². The van der Waals surface area contributed by atoms with Crippen molar-refractivity contribution in [2.45, 2.75) is 18.9 Å². The molecule has 5 nitrogen and oxygen atoms in total. The van der Waals surface area contributed by atoms with Crippen LogP contribution in [0.2, 0.25) is 0 Å². The van der Waals surface area contributed by atoms with E-state index in [2.05, 4.69) is 15.3 Å². The third-order valence-corrected chi connectivity index (χ3v) is 4.35. The Morgan fingerprint density at radius 1 is 1.21 bits per heavy atom. The number of rotatable bonds is 2. The molecule has 2 heterocycles. The number of aromatic nitrogens is 2. The summed E-state index contributed by atoms with van der Waals surface area (Å²) in [5, 5.41) is 2.66. The summed E-state index contributed by atoms with van der Waals surface area (Å²) in [7, 11) is 0. The van der Waals surface area contributed by atoms with Gasteiger partial charge in [0.15, 0.2) is 0 Å². The van der Waals surface area contributed by atoms with Gasteiger partial charge in [-0.2, -0.15) is 0 Å². The average Bonchev–Trinajstić information content (AvgIpc) is 3.23. The van der Waals surface area contributed by atoms with Crippen molar-refractivity contribution in [1.29, 1.82) is 0 Å². The molecule has 0 unspecified atom stereocenters. The van der Waals surface area contributed by atoms with E-state index in [0.29, 0.717) is 6.54 Å². The van der Waals surface area contributed by atoms with E-state index >= 15 is 0 Å². The Labute approximate surface area is 138 Å². The summed E-state index contributed by atoms with van der Waals surface area (Å²) in [5.41, 5.74) is 2.03. The highest BCUT2D eigenvalue weighted by Crippen LogP contribution is 2.32. The molecular weight excluding hydrogens is 307 g/mol. The summed E-state index contributed by atoms with van der Waals surface area (Å²) in [5.74, 6) is 0.336. The number of H-pyrrole nitrogens is 1. The monoisotopic (exact) mass is 324 g/mol. The third kappa shape index (κ3) is 2.60. The van der Waals surface area contributed by atoms with E-state index in [1.54, 1.807) is 23.1 Å². The summed E-state index contributed by atoms with van der Waals surface area (Å²) in [4.78, 5) is 22.2. The minimum Gasteiger partial charge on any atom is -0.340 e. The highest BCUT2D eigenvalue weighted by molar-refractivity contribution is 5.90. The second kappa shape index (κ2) is 5.96. The molecule has 0 aliphatic carbocycles. The number of imidazole rings is 1. The van der Waals surface area contributed by atoms with Crippen molar-refractivity contribution in [1.82, 2.24) is 14.9 Å². The lowest BCUT2D eigenvalue weighted by Gasteiger charge is -2.23. The van der Waals surface area contributed by atoms with Gasteiger partial charge in [-0.1, -0.05) is 24.3 Å². The van der Waals surface area contributed by atoms with Crippen molar-refractivity contribution < 1.29 is 9.18 Å². The highest BCUT2D eigenvalue weighted by atomic mass is 19.1. The lowest BCUT2D eigenvalue weighted by atomic mass is 10.2. The minimum atomic E-state index is -0.440. The van der Waals surface area contributed by atoms with E-state index in [9.17, 15) is 9.18 Å². The third-order valence-electron chi connectivity index (χ3n) is 4.35. The van der Waals surface area contributed by atoms with Crippen LogP contribution in [0, 0.1) is 5.82 Å². The van der Waals surface area contributed by atoms with Crippen LogP contribution >= 0.6 is 0 Å². The number of carbonyl (C=O) groups is 1. The molecule has 24 heavy (non-hydrogen) atoms. The molecule has 0 bridgehead atoms. The van der Waals surface area contributed by atoms with Gasteiger partial charge in [-0.05, 0) is 37.1 Å². The summed E-state index contributed by atoms with van der Waals surface area (Å²) in [6.45, 7) is 0.627. The fourth-order valence-electron chi connectivity index (χ4n) is 3.17. The van der Waals surface area contributed by atoms with Gasteiger partial charge in [0, 0.05) is 6.54 Å². The van der Waals surface area contributed by atoms with E-state index in [1.807, 2.05) is 24.3 Å². The first kappa shape index (κ1) is 14.7. The number of nitrogens with one attached hydrogen (secondary N) is 2. The number of hydrogen-bond donors (Lipinski definition) is 2. The van der Waals surface area contributed by atoms with Crippen LogP contribution in [0.5, 0.6) is 0 Å². The van der Waals surface area contributed by atoms with E-state index < -0.39 is 5.82 Å². The number of anilines is 1. The number of para-hydroxylation sites is 3. The molecule has 1 aromatic heterocycles. The van der Waals surface area contributed by atoms with E-state index in [-0.39, 0.29) is 17.8 Å². The van der Waals surface area contributed by atoms with Crippen LogP contribution in [0.25, 0.3) is 11.0 Å². The maximum absolute atomic E-state index is 13.7. The first-order valence-electron chi connectivity index (χ1n) is 7.99. The van der Waals surface area contributed by atoms with Crippen molar-refractivity contribution in [3.63, 3.8) is 0 Å². The molecule has 0 spiro atoms. The zero-order chi connectivity index (χ0) is 16.5. The summed E-state index contributed by atoms with van der Waals surface area (Å²) < 4.78 is 13.7. The molecule has 0 saturated carbocycles. The largest absolute Gasteiger partial charge is 0.340 e. The molecule has 2 aromatic carbocycles. The fourth-order valence-corrected chi connectivity index (χ4v) is 3.17. The van der Waals surface area contributed by atoms with Gasteiger partial charge in [0.2, 0.25) is 0 Å². The number of hydrogen-bond acceptors (Lipinski definition) is 2. The Kier molecular flexibility index (Phi) is 3.65. The van der Waals surface area contributed by atoms with Crippen LogP contribution in [-0.2, 0) is 0 Å². The topological polar surface area (TPSA) is 61.0 Å². The summed E-state index contributed by atoms with van der Waals surface area (Å²) >= 11 is 0. The SMILES string of the molecule is O=C(Nc1ccccc1F)N1CCC[C@H]1c1nc2ccccc2[nH]1. The quantitative estimate of drug-likeness (QED) is 0.746. The van der Waals surface area contributed by atoms with Gasteiger partial charge in [0.1, 0.15) is 11.6 Å². The first-order chi connectivity index (χ1) is 11.7. The van der Waals surface area contributed by atoms with Gasteiger partial charge < -0.3 is 15.2 Å². The number of likely N-dealkylation sites (tertiary alicyclic amines) is 1. The molecule has 3 aromatic rings. The van der Waals surface area contributed by atoms with Crippen LogP contribution in [0.15, 0.2) is 48.5 Å². The van der Waals surface area contributed by atoms with E-state index in [0.717, 1.165) is 29.7 Å². The molecule has 1 aliphatic rings. The molecule has 6 heteroatoms. The minimum absolute atomic E-state index is 0.121. The maximum atomic E-state index is 13.7. The van der Waals surface area contributed by atoms with Crippen molar-refractivity contribution in [3.05, 3.63) is 60.2 Å². The molecule has 4 rings (SSSR count). The van der Waals surface area contributed by atoms with Crippen LogP contribution in [0.1, 0.15) is 24.7 Å². The smallest absolute Gasteiger partial charge is 0.322 e. The molecule has 0 radical (unpaired) electrons. The predicted molar refractivity (Wildman–Crippen MR) is 90.2 cm³/mol. The van der Waals surface area contributed by atoms with Gasteiger partial charge in [-0.3, -0.25) is 0 Å². The van der Waals surface area contributed by atoms with Crippen molar-refractivity contribution in [2.75, 3.05) is 11.9 Å². The number of carbonyl (C=O) groups excluding carboxylic acids is 1. The molecule has 122 valence electrons. The van der Waals surface area contributed by atoms with Crippen molar-refractivity contribution in [3.8, 4) is 0 Å². The zero-order valence-corrected chi connectivity index (χ0v) is 13.0.